The molecule has 0 atom stereocenters. The Morgan fingerprint density at radius 1 is 1.50 bits per heavy atom. The second-order valence-electron chi connectivity index (χ2n) is 3.58. The summed E-state index contributed by atoms with van der Waals surface area (Å²) in [6.07, 6.45) is 1.79. The zero-order valence-corrected chi connectivity index (χ0v) is 11.6. The minimum atomic E-state index is 0.400. The molecule has 0 radical (unpaired) electrons. The number of thioether (sulfide) groups is 1. The predicted molar refractivity (Wildman–Crippen MR) is 76.6 cm³/mol. The van der Waals surface area contributed by atoms with Crippen LogP contribution in [0.25, 0.3) is 0 Å². The second-order valence-corrected chi connectivity index (χ2v) is 5.52. The summed E-state index contributed by atoms with van der Waals surface area (Å²) in [5.74, 6) is 6.75. The van der Waals surface area contributed by atoms with Crippen LogP contribution in [0.1, 0.15) is 16.1 Å². The summed E-state index contributed by atoms with van der Waals surface area (Å²) < 4.78 is 0. The molecule has 92 valence electrons. The van der Waals surface area contributed by atoms with Crippen LogP contribution in [0.3, 0.4) is 0 Å². The van der Waals surface area contributed by atoms with Gasteiger partial charge in [0.25, 0.3) is 0 Å². The van der Waals surface area contributed by atoms with Gasteiger partial charge >= 0.3 is 0 Å². The highest BCUT2D eigenvalue weighted by atomic mass is 32.2. The highest BCUT2D eigenvalue weighted by Crippen LogP contribution is 2.23. The molecule has 0 spiro atoms. The molecule has 0 aliphatic heterocycles. The van der Waals surface area contributed by atoms with E-state index in [1.807, 2.05) is 13.0 Å². The lowest BCUT2D eigenvalue weighted by molar-refractivity contribution is 0.932. The average molecular weight is 275 g/mol. The maximum Gasteiger partial charge on any atom is 0.188 e. The van der Waals surface area contributed by atoms with E-state index in [1.54, 1.807) is 29.3 Å². The van der Waals surface area contributed by atoms with Gasteiger partial charge in [-0.3, -0.25) is 0 Å². The number of hydrogen-bond donors (Lipinski definition) is 1. The van der Waals surface area contributed by atoms with Gasteiger partial charge in [-0.15, -0.1) is 11.3 Å². The van der Waals surface area contributed by atoms with Crippen LogP contribution in [0.15, 0.2) is 28.9 Å². The summed E-state index contributed by atoms with van der Waals surface area (Å²) in [6.45, 7) is 2.37. The summed E-state index contributed by atoms with van der Waals surface area (Å²) in [7, 11) is 0. The number of rotatable bonds is 3. The fourth-order valence-electron chi connectivity index (χ4n) is 1.31. The van der Waals surface area contributed by atoms with Crippen LogP contribution in [-0.4, -0.2) is 16.5 Å². The van der Waals surface area contributed by atoms with Crippen molar-refractivity contribution < 1.29 is 0 Å². The minimum absolute atomic E-state index is 0.400. The van der Waals surface area contributed by atoms with Crippen LogP contribution in [0.4, 0.5) is 0 Å². The third-order valence-corrected chi connectivity index (χ3v) is 4.13. The summed E-state index contributed by atoms with van der Waals surface area (Å²) in [6, 6.07) is 3.99. The van der Waals surface area contributed by atoms with Crippen molar-refractivity contribution in [3.63, 3.8) is 0 Å². The SMILES string of the molecule is Cc1ccnc(SCc2cc(C#CCN)cs2)n1. The molecule has 3 nitrogen and oxygen atoms in total. The van der Waals surface area contributed by atoms with Crippen LogP contribution < -0.4 is 5.73 Å². The smallest absolute Gasteiger partial charge is 0.188 e. The first-order valence-electron chi connectivity index (χ1n) is 5.47. The second kappa shape index (κ2) is 6.55. The fourth-order valence-corrected chi connectivity index (χ4v) is 3.05. The topological polar surface area (TPSA) is 51.8 Å². The van der Waals surface area contributed by atoms with Crippen molar-refractivity contribution in [3.8, 4) is 11.8 Å². The largest absolute Gasteiger partial charge is 0.320 e. The number of hydrogen-bond acceptors (Lipinski definition) is 5. The van der Waals surface area contributed by atoms with Crippen LogP contribution in [0.2, 0.25) is 0 Å². The number of thiophene rings is 1. The molecule has 18 heavy (non-hydrogen) atoms. The van der Waals surface area contributed by atoms with E-state index in [0.29, 0.717) is 6.54 Å². The summed E-state index contributed by atoms with van der Waals surface area (Å²) >= 11 is 3.34. The fraction of sp³-hybridized carbons (Fsp3) is 0.231. The maximum absolute atomic E-state index is 5.34. The van der Waals surface area contributed by atoms with Crippen molar-refractivity contribution in [2.45, 2.75) is 17.8 Å². The maximum atomic E-state index is 5.34. The van der Waals surface area contributed by atoms with E-state index in [2.05, 4.69) is 33.3 Å². The Bertz CT molecular complexity index is 581. The standard InChI is InChI=1S/C13H13N3S2/c1-10-4-6-15-13(16-10)18-9-12-7-11(8-17-12)3-2-5-14/h4,6-8H,5,9,14H2,1H3. The molecule has 0 saturated heterocycles. The van der Waals surface area contributed by atoms with E-state index in [0.717, 1.165) is 22.2 Å². The van der Waals surface area contributed by atoms with Gasteiger partial charge in [0.2, 0.25) is 0 Å². The molecule has 0 aromatic carbocycles. The molecule has 0 unspecified atom stereocenters. The third-order valence-electron chi connectivity index (χ3n) is 2.10. The van der Waals surface area contributed by atoms with Gasteiger partial charge in [0.15, 0.2) is 5.16 Å². The average Bonchev–Trinajstić information content (AvgIpc) is 2.82. The lowest BCUT2D eigenvalue weighted by Crippen LogP contribution is -1.92. The first-order valence-corrected chi connectivity index (χ1v) is 7.33. The van der Waals surface area contributed by atoms with Crippen LogP contribution in [-0.2, 0) is 5.75 Å². The van der Waals surface area contributed by atoms with Gasteiger partial charge in [0, 0.05) is 33.5 Å². The zero-order valence-electron chi connectivity index (χ0n) is 10.0. The van der Waals surface area contributed by atoms with Crippen molar-refractivity contribution in [1.82, 2.24) is 9.97 Å². The molecule has 0 bridgehead atoms. The van der Waals surface area contributed by atoms with Crippen molar-refractivity contribution >= 4 is 23.1 Å². The van der Waals surface area contributed by atoms with Crippen molar-refractivity contribution in [2.24, 2.45) is 5.73 Å². The summed E-state index contributed by atoms with van der Waals surface area (Å²) in [4.78, 5) is 9.85. The van der Waals surface area contributed by atoms with E-state index in [4.69, 9.17) is 5.73 Å². The van der Waals surface area contributed by atoms with Gasteiger partial charge in [-0.05, 0) is 19.1 Å². The summed E-state index contributed by atoms with van der Waals surface area (Å²) in [5, 5.41) is 2.87. The van der Waals surface area contributed by atoms with Gasteiger partial charge in [-0.2, -0.15) is 0 Å². The Kier molecular flexibility index (Phi) is 4.76. The van der Waals surface area contributed by atoms with Crippen LogP contribution >= 0.6 is 23.1 Å². The zero-order chi connectivity index (χ0) is 12.8. The van der Waals surface area contributed by atoms with E-state index in [-0.39, 0.29) is 0 Å². The Morgan fingerprint density at radius 2 is 2.39 bits per heavy atom. The number of aromatic nitrogens is 2. The normalized spacial score (nSPS) is 9.89. The first-order chi connectivity index (χ1) is 8.78. The molecule has 2 aromatic heterocycles. The monoisotopic (exact) mass is 275 g/mol. The van der Waals surface area contributed by atoms with Gasteiger partial charge in [-0.25, -0.2) is 9.97 Å². The van der Waals surface area contributed by atoms with Gasteiger partial charge < -0.3 is 5.73 Å². The Morgan fingerprint density at radius 3 is 3.17 bits per heavy atom. The predicted octanol–water partition coefficient (Wildman–Crippen LogP) is 2.45. The van der Waals surface area contributed by atoms with E-state index in [1.165, 1.54) is 4.88 Å². The van der Waals surface area contributed by atoms with Crippen LogP contribution in [0.5, 0.6) is 0 Å². The third kappa shape index (κ3) is 3.84. The highest BCUT2D eigenvalue weighted by Gasteiger charge is 2.02. The molecule has 2 rings (SSSR count). The molecule has 2 aromatic rings. The lowest BCUT2D eigenvalue weighted by Gasteiger charge is -1.98. The van der Waals surface area contributed by atoms with E-state index >= 15 is 0 Å². The lowest BCUT2D eigenvalue weighted by atomic mass is 10.3. The molecule has 0 fully saturated rings. The molecular weight excluding hydrogens is 262 g/mol. The highest BCUT2D eigenvalue weighted by molar-refractivity contribution is 7.98. The van der Waals surface area contributed by atoms with Crippen molar-refractivity contribution in [2.75, 3.05) is 6.54 Å². The Hall–Kier alpha value is -1.35. The number of nitrogens with two attached hydrogens (primary N) is 1. The number of aryl methyl sites for hydroxylation is 1. The first kappa shape index (κ1) is 13.1. The van der Waals surface area contributed by atoms with Crippen LogP contribution in [0, 0.1) is 18.8 Å². The molecule has 2 heterocycles. The number of nitrogens with zero attached hydrogens (tertiary/aromatic N) is 2. The van der Waals surface area contributed by atoms with Gasteiger partial charge in [-0.1, -0.05) is 23.6 Å². The van der Waals surface area contributed by atoms with E-state index in [9.17, 15) is 0 Å². The van der Waals surface area contributed by atoms with Gasteiger partial charge in [0.05, 0.1) is 6.54 Å². The van der Waals surface area contributed by atoms with Crippen molar-refractivity contribution in [3.05, 3.63) is 39.8 Å². The van der Waals surface area contributed by atoms with E-state index < -0.39 is 0 Å². The summed E-state index contributed by atoms with van der Waals surface area (Å²) in [5.41, 5.74) is 7.37. The molecule has 0 saturated carbocycles. The molecule has 0 amide bonds. The molecular formula is C13H13N3S2. The van der Waals surface area contributed by atoms with Gasteiger partial charge in [0.1, 0.15) is 0 Å². The molecule has 0 aliphatic rings. The quantitative estimate of drug-likeness (QED) is 0.531. The minimum Gasteiger partial charge on any atom is -0.320 e. The molecule has 2 N–H and O–H groups in total. The van der Waals surface area contributed by atoms with Crippen molar-refractivity contribution in [1.29, 1.82) is 0 Å². The Labute approximate surface area is 115 Å². The Balaban J connectivity index is 1.96. The molecule has 5 heteroatoms. The molecule has 0 aliphatic carbocycles.